The van der Waals surface area contributed by atoms with Gasteiger partial charge < -0.3 is 11.1 Å². The molecule has 8 heteroatoms. The molecular weight excluding hydrogens is 217 g/mol. The van der Waals surface area contributed by atoms with Crippen molar-refractivity contribution in [1.82, 2.24) is 10.2 Å². The molecule has 14 heavy (non-hydrogen) atoms. The molecule has 1 aromatic rings. The van der Waals surface area contributed by atoms with Crippen molar-refractivity contribution in [1.29, 1.82) is 0 Å². The standard InChI is InChI=1S/C6H7F3N4S/c1-11-5-3(10)2-4(12-13-5)14-6(7,8)9/h2H,1H3,(H2,10,12)(H,11,13). The molecule has 78 valence electrons. The highest BCUT2D eigenvalue weighted by atomic mass is 32.2. The monoisotopic (exact) mass is 224 g/mol. The molecular formula is C6H7F3N4S. The first kappa shape index (κ1) is 10.9. The van der Waals surface area contributed by atoms with Crippen LogP contribution in [0.4, 0.5) is 24.7 Å². The van der Waals surface area contributed by atoms with E-state index in [2.05, 4.69) is 15.5 Å². The van der Waals surface area contributed by atoms with Crippen molar-refractivity contribution < 1.29 is 13.2 Å². The Balaban J connectivity index is 2.87. The molecule has 0 spiro atoms. The molecule has 0 unspecified atom stereocenters. The van der Waals surface area contributed by atoms with E-state index in [1.54, 1.807) is 7.05 Å². The lowest BCUT2D eigenvalue weighted by molar-refractivity contribution is -0.0329. The summed E-state index contributed by atoms with van der Waals surface area (Å²) in [5.41, 5.74) is 1.17. The summed E-state index contributed by atoms with van der Waals surface area (Å²) in [6.45, 7) is 0. The van der Waals surface area contributed by atoms with Crippen molar-refractivity contribution in [3.05, 3.63) is 6.07 Å². The summed E-state index contributed by atoms with van der Waals surface area (Å²) < 4.78 is 35.7. The molecule has 0 fully saturated rings. The molecule has 0 atom stereocenters. The van der Waals surface area contributed by atoms with Crippen LogP contribution in [0.5, 0.6) is 0 Å². The zero-order valence-electron chi connectivity index (χ0n) is 7.09. The number of thioether (sulfide) groups is 1. The minimum Gasteiger partial charge on any atom is -0.396 e. The van der Waals surface area contributed by atoms with E-state index >= 15 is 0 Å². The van der Waals surface area contributed by atoms with Gasteiger partial charge >= 0.3 is 5.51 Å². The van der Waals surface area contributed by atoms with Crippen LogP contribution in [0.2, 0.25) is 0 Å². The zero-order chi connectivity index (χ0) is 10.8. The minimum absolute atomic E-state index is 0.134. The normalized spacial score (nSPS) is 11.4. The molecule has 0 amide bonds. The number of alkyl halides is 3. The fourth-order valence-corrected chi connectivity index (χ4v) is 1.25. The SMILES string of the molecule is CNc1nnc(SC(F)(F)F)cc1N. The van der Waals surface area contributed by atoms with Crippen LogP contribution in [0.15, 0.2) is 11.1 Å². The summed E-state index contributed by atoms with van der Waals surface area (Å²) in [5, 5.41) is 9.15. The van der Waals surface area contributed by atoms with E-state index in [4.69, 9.17) is 5.73 Å². The van der Waals surface area contributed by atoms with E-state index in [1.807, 2.05) is 0 Å². The van der Waals surface area contributed by atoms with Crippen molar-refractivity contribution in [2.75, 3.05) is 18.1 Å². The zero-order valence-corrected chi connectivity index (χ0v) is 7.91. The van der Waals surface area contributed by atoms with E-state index in [0.29, 0.717) is 0 Å². The summed E-state index contributed by atoms with van der Waals surface area (Å²) in [6.07, 6.45) is 0. The second kappa shape index (κ2) is 3.91. The van der Waals surface area contributed by atoms with E-state index in [0.717, 1.165) is 6.07 Å². The van der Waals surface area contributed by atoms with Gasteiger partial charge in [-0.3, -0.25) is 0 Å². The van der Waals surface area contributed by atoms with Gasteiger partial charge in [-0.25, -0.2) is 0 Å². The predicted octanol–water partition coefficient (Wildman–Crippen LogP) is 1.71. The minimum atomic E-state index is -4.37. The van der Waals surface area contributed by atoms with Gasteiger partial charge in [-0.2, -0.15) is 13.2 Å². The Bertz CT molecular complexity index is 327. The molecule has 4 nitrogen and oxygen atoms in total. The van der Waals surface area contributed by atoms with Gasteiger partial charge in [0.05, 0.1) is 5.69 Å². The first-order valence-corrected chi connectivity index (χ1v) is 4.30. The summed E-state index contributed by atoms with van der Waals surface area (Å²) in [4.78, 5) is 0. The van der Waals surface area contributed by atoms with Gasteiger partial charge in [0, 0.05) is 18.8 Å². The lowest BCUT2D eigenvalue weighted by Gasteiger charge is -2.06. The molecule has 1 aromatic heterocycles. The van der Waals surface area contributed by atoms with Gasteiger partial charge in [-0.05, 0) is 6.07 Å². The molecule has 0 radical (unpaired) electrons. The summed E-state index contributed by atoms with van der Waals surface area (Å²) >= 11 is -0.347. The van der Waals surface area contributed by atoms with Gasteiger partial charge in [0.1, 0.15) is 5.03 Å². The lowest BCUT2D eigenvalue weighted by Crippen LogP contribution is -2.04. The number of nitrogens with one attached hydrogen (secondary N) is 1. The third kappa shape index (κ3) is 2.95. The van der Waals surface area contributed by atoms with Gasteiger partial charge in [0.2, 0.25) is 0 Å². The van der Waals surface area contributed by atoms with Crippen LogP contribution in [-0.4, -0.2) is 22.8 Å². The number of halogens is 3. The van der Waals surface area contributed by atoms with Crippen LogP contribution in [-0.2, 0) is 0 Å². The van der Waals surface area contributed by atoms with Crippen LogP contribution in [0.25, 0.3) is 0 Å². The molecule has 0 saturated heterocycles. The topological polar surface area (TPSA) is 63.8 Å². The summed E-state index contributed by atoms with van der Waals surface area (Å²) in [6, 6.07) is 1.12. The first-order valence-electron chi connectivity index (χ1n) is 3.49. The van der Waals surface area contributed by atoms with Gasteiger partial charge in [0.15, 0.2) is 5.82 Å². The predicted molar refractivity (Wildman–Crippen MR) is 47.9 cm³/mol. The lowest BCUT2D eigenvalue weighted by atomic mass is 10.4. The van der Waals surface area contributed by atoms with E-state index in [1.165, 1.54) is 0 Å². The number of hydrogen-bond donors (Lipinski definition) is 2. The highest BCUT2D eigenvalue weighted by molar-refractivity contribution is 8.00. The largest absolute Gasteiger partial charge is 0.447 e. The Morgan fingerprint density at radius 3 is 2.50 bits per heavy atom. The number of anilines is 2. The van der Waals surface area contributed by atoms with Crippen molar-refractivity contribution in [2.45, 2.75) is 10.5 Å². The smallest absolute Gasteiger partial charge is 0.396 e. The van der Waals surface area contributed by atoms with Crippen molar-refractivity contribution in [3.63, 3.8) is 0 Å². The third-order valence-electron chi connectivity index (χ3n) is 1.26. The molecule has 3 N–H and O–H groups in total. The fourth-order valence-electron chi connectivity index (χ4n) is 0.750. The number of nitrogens with zero attached hydrogens (tertiary/aromatic N) is 2. The van der Waals surface area contributed by atoms with Crippen LogP contribution in [0.1, 0.15) is 0 Å². The molecule has 0 aliphatic rings. The van der Waals surface area contributed by atoms with Crippen molar-refractivity contribution in [3.8, 4) is 0 Å². The average molecular weight is 224 g/mol. The van der Waals surface area contributed by atoms with E-state index in [9.17, 15) is 13.2 Å². The quantitative estimate of drug-likeness (QED) is 0.749. The number of rotatable bonds is 2. The van der Waals surface area contributed by atoms with Crippen LogP contribution in [0.3, 0.4) is 0 Å². The Kier molecular flexibility index (Phi) is 3.04. The Morgan fingerprint density at radius 1 is 1.43 bits per heavy atom. The second-order valence-electron chi connectivity index (χ2n) is 2.28. The number of nitrogens with two attached hydrogens (primary N) is 1. The van der Waals surface area contributed by atoms with Crippen molar-refractivity contribution in [2.24, 2.45) is 0 Å². The number of aromatic nitrogens is 2. The summed E-state index contributed by atoms with van der Waals surface area (Å²) in [7, 11) is 1.55. The maximum absolute atomic E-state index is 11.9. The first-order chi connectivity index (χ1) is 6.42. The van der Waals surface area contributed by atoms with E-state index in [-0.39, 0.29) is 28.3 Å². The molecule has 0 aliphatic heterocycles. The molecule has 0 saturated carbocycles. The number of hydrogen-bond acceptors (Lipinski definition) is 5. The van der Waals surface area contributed by atoms with Crippen LogP contribution < -0.4 is 11.1 Å². The Morgan fingerprint density at radius 2 is 2.07 bits per heavy atom. The summed E-state index contributed by atoms with van der Waals surface area (Å²) in [5.74, 6) is 0.261. The molecule has 1 heterocycles. The Hall–Kier alpha value is -1.18. The Labute approximate surface area is 82.1 Å². The molecule has 1 rings (SSSR count). The molecule has 0 bridgehead atoms. The average Bonchev–Trinajstić information content (AvgIpc) is 2.01. The van der Waals surface area contributed by atoms with Crippen molar-refractivity contribution >= 4 is 23.3 Å². The molecule has 0 aliphatic carbocycles. The number of nitrogen functional groups attached to an aromatic ring is 1. The van der Waals surface area contributed by atoms with Crippen LogP contribution >= 0.6 is 11.8 Å². The van der Waals surface area contributed by atoms with Gasteiger partial charge in [-0.1, -0.05) is 0 Å². The highest BCUT2D eigenvalue weighted by Crippen LogP contribution is 2.36. The fraction of sp³-hybridized carbons (Fsp3) is 0.333. The van der Waals surface area contributed by atoms with Gasteiger partial charge in [-0.15, -0.1) is 10.2 Å². The maximum atomic E-state index is 11.9. The maximum Gasteiger partial charge on any atom is 0.447 e. The van der Waals surface area contributed by atoms with Crippen LogP contribution in [0, 0.1) is 0 Å². The highest BCUT2D eigenvalue weighted by Gasteiger charge is 2.30. The second-order valence-corrected chi connectivity index (χ2v) is 3.37. The van der Waals surface area contributed by atoms with Gasteiger partial charge in [0.25, 0.3) is 0 Å². The molecule has 0 aromatic carbocycles. The third-order valence-corrected chi connectivity index (χ3v) is 1.90. The van der Waals surface area contributed by atoms with E-state index < -0.39 is 5.51 Å².